The van der Waals surface area contributed by atoms with E-state index in [-0.39, 0.29) is 6.10 Å². The third-order valence-corrected chi connectivity index (χ3v) is 4.07. The number of unbranched alkanes of at least 4 members (excludes halogenated alkanes) is 1. The van der Waals surface area contributed by atoms with Gasteiger partial charge in [0.25, 0.3) is 0 Å². The third kappa shape index (κ3) is 5.89. The Hall–Kier alpha value is -0.0400. The summed E-state index contributed by atoms with van der Waals surface area (Å²) in [6, 6.07) is 0. The van der Waals surface area contributed by atoms with Crippen LogP contribution in [0.5, 0.6) is 0 Å². The normalized spacial score (nSPS) is 18.2. The zero-order chi connectivity index (χ0) is 12.8. The summed E-state index contributed by atoms with van der Waals surface area (Å²) in [6.45, 7) is 13.5. The van der Waals surface area contributed by atoms with Crippen LogP contribution in [-0.2, 0) is 0 Å². The number of hydrogen-bond acceptors (Lipinski definition) is 1. The van der Waals surface area contributed by atoms with Crippen LogP contribution in [-0.4, -0.2) is 11.2 Å². The first-order valence-corrected chi connectivity index (χ1v) is 7.00. The molecular weight excluding hydrogens is 196 g/mol. The lowest BCUT2D eigenvalue weighted by Gasteiger charge is -2.31. The molecule has 1 N–H and O–H groups in total. The van der Waals surface area contributed by atoms with E-state index in [0.717, 1.165) is 12.8 Å². The Morgan fingerprint density at radius 1 is 1.12 bits per heavy atom. The zero-order valence-corrected chi connectivity index (χ0v) is 12.2. The summed E-state index contributed by atoms with van der Waals surface area (Å²) in [5.74, 6) is 1.09. The van der Waals surface area contributed by atoms with Crippen molar-refractivity contribution >= 4 is 0 Å². The van der Waals surface area contributed by atoms with E-state index in [1.165, 1.54) is 19.3 Å². The monoisotopic (exact) mass is 228 g/mol. The molecule has 0 radical (unpaired) electrons. The Morgan fingerprint density at radius 2 is 1.69 bits per heavy atom. The number of rotatable bonds is 7. The van der Waals surface area contributed by atoms with Gasteiger partial charge in [0.05, 0.1) is 6.10 Å². The Morgan fingerprint density at radius 3 is 2.06 bits per heavy atom. The van der Waals surface area contributed by atoms with E-state index in [1.54, 1.807) is 0 Å². The van der Waals surface area contributed by atoms with Crippen LogP contribution in [0.25, 0.3) is 0 Å². The maximum atomic E-state index is 10.3. The fraction of sp³-hybridized carbons (Fsp3) is 1.00. The fourth-order valence-electron chi connectivity index (χ4n) is 2.04. The molecule has 0 aromatic rings. The van der Waals surface area contributed by atoms with Gasteiger partial charge in [-0.05, 0) is 30.1 Å². The summed E-state index contributed by atoms with van der Waals surface area (Å²) in [5, 5.41) is 10.3. The molecule has 0 rings (SSSR count). The van der Waals surface area contributed by atoms with Crippen molar-refractivity contribution < 1.29 is 5.11 Å². The molecule has 0 aliphatic rings. The molecule has 1 nitrogen and oxygen atoms in total. The highest BCUT2D eigenvalue weighted by Gasteiger charge is 2.25. The largest absolute Gasteiger partial charge is 0.393 e. The lowest BCUT2D eigenvalue weighted by molar-refractivity contribution is 0.0554. The SMILES string of the molecule is CCCCC(CC)C(O)CC(C)C(C)(C)C. The van der Waals surface area contributed by atoms with Crippen molar-refractivity contribution in [1.82, 2.24) is 0 Å². The van der Waals surface area contributed by atoms with Crippen molar-refractivity contribution in [3.63, 3.8) is 0 Å². The molecule has 3 atom stereocenters. The van der Waals surface area contributed by atoms with Crippen molar-refractivity contribution in [2.45, 2.75) is 79.8 Å². The quantitative estimate of drug-likeness (QED) is 0.673. The highest BCUT2D eigenvalue weighted by molar-refractivity contribution is 4.76. The second-order valence-corrected chi connectivity index (χ2v) is 6.38. The molecule has 0 heterocycles. The molecule has 0 bridgehead atoms. The highest BCUT2D eigenvalue weighted by atomic mass is 16.3. The summed E-state index contributed by atoms with van der Waals surface area (Å²) >= 11 is 0. The van der Waals surface area contributed by atoms with Gasteiger partial charge in [0.1, 0.15) is 0 Å². The molecule has 1 heteroatoms. The van der Waals surface area contributed by atoms with E-state index >= 15 is 0 Å². The number of hydrogen-bond donors (Lipinski definition) is 1. The van der Waals surface area contributed by atoms with Gasteiger partial charge in [-0.1, -0.05) is 60.8 Å². The average molecular weight is 228 g/mol. The van der Waals surface area contributed by atoms with Crippen LogP contribution in [0, 0.1) is 17.3 Å². The highest BCUT2D eigenvalue weighted by Crippen LogP contribution is 2.32. The lowest BCUT2D eigenvalue weighted by Crippen LogP contribution is -2.27. The van der Waals surface area contributed by atoms with Crippen molar-refractivity contribution in [3.8, 4) is 0 Å². The van der Waals surface area contributed by atoms with Gasteiger partial charge >= 0.3 is 0 Å². The van der Waals surface area contributed by atoms with E-state index in [0.29, 0.717) is 17.3 Å². The Kier molecular flexibility index (Phi) is 7.30. The van der Waals surface area contributed by atoms with Gasteiger partial charge in [-0.15, -0.1) is 0 Å². The molecular formula is C15H32O. The molecule has 98 valence electrons. The molecule has 0 saturated heterocycles. The second-order valence-electron chi connectivity index (χ2n) is 6.38. The van der Waals surface area contributed by atoms with E-state index in [4.69, 9.17) is 0 Å². The third-order valence-electron chi connectivity index (χ3n) is 4.07. The van der Waals surface area contributed by atoms with Crippen LogP contribution >= 0.6 is 0 Å². The molecule has 0 spiro atoms. The summed E-state index contributed by atoms with van der Waals surface area (Å²) in [7, 11) is 0. The molecule has 0 saturated carbocycles. The molecule has 0 aromatic carbocycles. The van der Waals surface area contributed by atoms with Crippen molar-refractivity contribution in [3.05, 3.63) is 0 Å². The van der Waals surface area contributed by atoms with Crippen LogP contribution in [0.15, 0.2) is 0 Å². The Bertz CT molecular complexity index is 169. The van der Waals surface area contributed by atoms with Crippen LogP contribution in [0.1, 0.15) is 73.6 Å². The van der Waals surface area contributed by atoms with E-state index in [2.05, 4.69) is 41.5 Å². The molecule has 0 aromatic heterocycles. The van der Waals surface area contributed by atoms with Crippen LogP contribution in [0.3, 0.4) is 0 Å². The van der Waals surface area contributed by atoms with Gasteiger partial charge < -0.3 is 5.11 Å². The van der Waals surface area contributed by atoms with Gasteiger partial charge in [-0.2, -0.15) is 0 Å². The van der Waals surface area contributed by atoms with Gasteiger partial charge in [0.15, 0.2) is 0 Å². The minimum Gasteiger partial charge on any atom is -0.393 e. The van der Waals surface area contributed by atoms with E-state index in [9.17, 15) is 5.11 Å². The van der Waals surface area contributed by atoms with Crippen molar-refractivity contribution in [1.29, 1.82) is 0 Å². The minimum absolute atomic E-state index is 0.106. The molecule has 0 amide bonds. The predicted octanol–water partition coefficient (Wildman–Crippen LogP) is 4.64. The smallest absolute Gasteiger partial charge is 0.0571 e. The minimum atomic E-state index is -0.106. The van der Waals surface area contributed by atoms with E-state index in [1.807, 2.05) is 0 Å². The Labute approximate surface area is 103 Å². The Balaban J connectivity index is 4.14. The summed E-state index contributed by atoms with van der Waals surface area (Å²) in [4.78, 5) is 0. The molecule has 0 aliphatic heterocycles. The topological polar surface area (TPSA) is 20.2 Å². The summed E-state index contributed by atoms with van der Waals surface area (Å²) in [5.41, 5.74) is 0.310. The lowest BCUT2D eigenvalue weighted by atomic mass is 9.76. The van der Waals surface area contributed by atoms with Crippen LogP contribution in [0.2, 0.25) is 0 Å². The van der Waals surface area contributed by atoms with Crippen molar-refractivity contribution in [2.24, 2.45) is 17.3 Å². The maximum Gasteiger partial charge on any atom is 0.0571 e. The zero-order valence-electron chi connectivity index (χ0n) is 12.2. The first-order chi connectivity index (χ1) is 7.32. The van der Waals surface area contributed by atoms with Crippen LogP contribution in [0.4, 0.5) is 0 Å². The number of aliphatic hydroxyl groups is 1. The van der Waals surface area contributed by atoms with Gasteiger partial charge in [-0.25, -0.2) is 0 Å². The average Bonchev–Trinajstić information content (AvgIpc) is 2.17. The predicted molar refractivity (Wildman–Crippen MR) is 72.5 cm³/mol. The first-order valence-electron chi connectivity index (χ1n) is 7.00. The standard InChI is InChI=1S/C15H32O/c1-7-9-10-13(8-2)14(16)11-12(3)15(4,5)6/h12-14,16H,7-11H2,1-6H3. The molecule has 16 heavy (non-hydrogen) atoms. The van der Waals surface area contributed by atoms with Gasteiger partial charge in [-0.3, -0.25) is 0 Å². The maximum absolute atomic E-state index is 10.3. The van der Waals surface area contributed by atoms with Crippen LogP contribution < -0.4 is 0 Å². The summed E-state index contributed by atoms with van der Waals surface area (Å²) < 4.78 is 0. The van der Waals surface area contributed by atoms with E-state index < -0.39 is 0 Å². The van der Waals surface area contributed by atoms with Gasteiger partial charge in [0.2, 0.25) is 0 Å². The van der Waals surface area contributed by atoms with Gasteiger partial charge in [0, 0.05) is 0 Å². The molecule has 0 fully saturated rings. The fourth-order valence-corrected chi connectivity index (χ4v) is 2.04. The molecule has 3 unspecified atom stereocenters. The second kappa shape index (κ2) is 7.32. The summed E-state index contributed by atoms with van der Waals surface area (Å²) in [6.07, 6.45) is 5.62. The van der Waals surface area contributed by atoms with Crippen molar-refractivity contribution in [2.75, 3.05) is 0 Å². The molecule has 0 aliphatic carbocycles. The first kappa shape index (κ1) is 16.0. The number of aliphatic hydroxyl groups excluding tert-OH is 1.